The molecule has 2 fully saturated rings. The number of nitrogens with zero attached hydrogens (tertiary/aromatic N) is 4. The third-order valence-corrected chi connectivity index (χ3v) is 8.92. The molecule has 7 nitrogen and oxygen atoms in total. The van der Waals surface area contributed by atoms with Gasteiger partial charge >= 0.3 is 0 Å². The van der Waals surface area contributed by atoms with Crippen LogP contribution in [0.25, 0.3) is 5.69 Å². The van der Waals surface area contributed by atoms with Crippen molar-refractivity contribution in [1.82, 2.24) is 19.7 Å². The van der Waals surface area contributed by atoms with E-state index in [2.05, 4.69) is 0 Å². The van der Waals surface area contributed by atoms with Gasteiger partial charge in [0.15, 0.2) is 9.84 Å². The molecule has 9 heteroatoms. The standard InChI is InChI=1S/C23H32N4O3S2/c1-2-14-26(20-13-15-32(29,30)17-20)21(28)16-31-23-24-22(18-9-5-3-6-10-18)27(25-23)19-11-7-4-8-12-19/h4,7-8,11-12,18,20H,2-3,5-6,9-10,13-17H2,1H3/t20-/m0/s1. The second-order valence-corrected chi connectivity index (χ2v) is 11.9. The lowest BCUT2D eigenvalue weighted by Crippen LogP contribution is -2.42. The lowest BCUT2D eigenvalue weighted by atomic mass is 9.88. The van der Waals surface area contributed by atoms with Crippen LogP contribution >= 0.6 is 11.8 Å². The van der Waals surface area contributed by atoms with Crippen LogP contribution < -0.4 is 0 Å². The molecular formula is C23H32N4O3S2. The number of benzene rings is 1. The van der Waals surface area contributed by atoms with Gasteiger partial charge in [0.1, 0.15) is 5.82 Å². The fourth-order valence-corrected chi connectivity index (χ4v) is 7.18. The third kappa shape index (κ3) is 5.54. The summed E-state index contributed by atoms with van der Waals surface area (Å²) in [5, 5.41) is 5.36. The Labute approximate surface area is 194 Å². The van der Waals surface area contributed by atoms with Crippen LogP contribution in [-0.4, -0.2) is 63.8 Å². The number of sulfone groups is 1. The third-order valence-electron chi connectivity index (χ3n) is 6.34. The molecule has 32 heavy (non-hydrogen) atoms. The molecule has 1 aliphatic heterocycles. The monoisotopic (exact) mass is 476 g/mol. The first-order valence-electron chi connectivity index (χ1n) is 11.6. The van der Waals surface area contributed by atoms with Crippen molar-refractivity contribution in [3.63, 3.8) is 0 Å². The summed E-state index contributed by atoms with van der Waals surface area (Å²) >= 11 is 1.35. The Morgan fingerprint density at radius 1 is 1.16 bits per heavy atom. The molecule has 1 aliphatic carbocycles. The van der Waals surface area contributed by atoms with E-state index in [-0.39, 0.29) is 29.2 Å². The van der Waals surface area contributed by atoms with Crippen LogP contribution in [0.3, 0.4) is 0 Å². The van der Waals surface area contributed by atoms with E-state index in [9.17, 15) is 13.2 Å². The van der Waals surface area contributed by atoms with Crippen molar-refractivity contribution >= 4 is 27.5 Å². The zero-order valence-electron chi connectivity index (χ0n) is 18.6. The number of rotatable bonds is 8. The SMILES string of the molecule is CCCN(C(=O)CSc1nc(C2CCCCC2)n(-c2ccccc2)n1)[C@H]1CCS(=O)(=O)C1. The molecular weight excluding hydrogens is 444 g/mol. The van der Waals surface area contributed by atoms with Crippen LogP contribution in [0.5, 0.6) is 0 Å². The largest absolute Gasteiger partial charge is 0.338 e. The minimum atomic E-state index is -3.03. The highest BCUT2D eigenvalue weighted by Crippen LogP contribution is 2.34. The van der Waals surface area contributed by atoms with E-state index in [4.69, 9.17) is 10.1 Å². The normalized spacial score (nSPS) is 21.0. The topological polar surface area (TPSA) is 85.2 Å². The predicted molar refractivity (Wildman–Crippen MR) is 127 cm³/mol. The van der Waals surface area contributed by atoms with Crippen LogP contribution in [0, 0.1) is 0 Å². The number of aromatic nitrogens is 3. The van der Waals surface area contributed by atoms with Gasteiger partial charge in [-0.2, -0.15) is 0 Å². The van der Waals surface area contributed by atoms with Gasteiger partial charge in [-0.1, -0.05) is 56.1 Å². The average Bonchev–Trinajstić information content (AvgIpc) is 3.40. The van der Waals surface area contributed by atoms with Crippen molar-refractivity contribution in [3.8, 4) is 5.69 Å². The van der Waals surface area contributed by atoms with E-state index < -0.39 is 9.84 Å². The fourth-order valence-electron chi connectivity index (χ4n) is 4.73. The van der Waals surface area contributed by atoms with Gasteiger partial charge in [-0.05, 0) is 37.8 Å². The van der Waals surface area contributed by atoms with Crippen molar-refractivity contribution in [2.75, 3.05) is 23.8 Å². The van der Waals surface area contributed by atoms with Crippen molar-refractivity contribution in [3.05, 3.63) is 36.2 Å². The summed E-state index contributed by atoms with van der Waals surface area (Å²) in [5.74, 6) is 1.82. The zero-order valence-corrected chi connectivity index (χ0v) is 20.3. The van der Waals surface area contributed by atoms with Gasteiger partial charge in [-0.15, -0.1) is 5.10 Å². The highest BCUT2D eigenvalue weighted by molar-refractivity contribution is 7.99. The van der Waals surface area contributed by atoms with Crippen molar-refractivity contribution in [2.45, 2.75) is 69.0 Å². The molecule has 1 aromatic carbocycles. The fraction of sp³-hybridized carbons (Fsp3) is 0.609. The van der Waals surface area contributed by atoms with E-state index in [1.807, 2.05) is 41.9 Å². The van der Waals surface area contributed by atoms with Gasteiger partial charge in [0, 0.05) is 18.5 Å². The second kappa shape index (κ2) is 10.4. The maximum atomic E-state index is 13.0. The summed E-state index contributed by atoms with van der Waals surface area (Å²) in [7, 11) is -3.03. The van der Waals surface area contributed by atoms with Crippen molar-refractivity contribution in [1.29, 1.82) is 0 Å². The number of hydrogen-bond donors (Lipinski definition) is 0. The molecule has 4 rings (SSSR count). The van der Waals surface area contributed by atoms with E-state index in [1.54, 1.807) is 4.90 Å². The van der Waals surface area contributed by atoms with Crippen LogP contribution in [0.4, 0.5) is 0 Å². The molecule has 1 amide bonds. The summed E-state index contributed by atoms with van der Waals surface area (Å²) in [6.45, 7) is 2.59. The van der Waals surface area contributed by atoms with Gasteiger partial charge < -0.3 is 4.90 Å². The molecule has 0 N–H and O–H groups in total. The Hall–Kier alpha value is -1.87. The molecule has 174 valence electrons. The minimum Gasteiger partial charge on any atom is -0.338 e. The number of thioether (sulfide) groups is 1. The molecule has 1 aromatic heterocycles. The highest BCUT2D eigenvalue weighted by atomic mass is 32.2. The van der Waals surface area contributed by atoms with Crippen molar-refractivity contribution in [2.24, 2.45) is 0 Å². The van der Waals surface area contributed by atoms with Gasteiger partial charge in [0.25, 0.3) is 0 Å². The molecule has 0 spiro atoms. The Morgan fingerprint density at radius 2 is 1.91 bits per heavy atom. The first kappa shape index (κ1) is 23.3. The van der Waals surface area contributed by atoms with Crippen molar-refractivity contribution < 1.29 is 13.2 Å². The van der Waals surface area contributed by atoms with Gasteiger partial charge in [0.2, 0.25) is 11.1 Å². The summed E-state index contributed by atoms with van der Waals surface area (Å²) in [4.78, 5) is 19.6. The number of carbonyl (C=O) groups excluding carboxylic acids is 1. The Balaban J connectivity index is 1.49. The van der Waals surface area contributed by atoms with E-state index in [0.717, 1.165) is 30.8 Å². The first-order valence-corrected chi connectivity index (χ1v) is 14.4. The van der Waals surface area contributed by atoms with Gasteiger partial charge in [-0.3, -0.25) is 4.79 Å². The summed E-state index contributed by atoms with van der Waals surface area (Å²) in [6, 6.07) is 9.84. The molecule has 1 saturated carbocycles. The molecule has 1 atom stereocenters. The van der Waals surface area contributed by atoms with Crippen LogP contribution in [0.15, 0.2) is 35.5 Å². The maximum absolute atomic E-state index is 13.0. The minimum absolute atomic E-state index is 0.0331. The second-order valence-electron chi connectivity index (χ2n) is 8.77. The molecule has 2 aromatic rings. The van der Waals surface area contributed by atoms with Crippen LogP contribution in [-0.2, 0) is 14.6 Å². The molecule has 0 radical (unpaired) electrons. The molecule has 2 heterocycles. The van der Waals surface area contributed by atoms with E-state index in [1.165, 1.54) is 31.0 Å². The van der Waals surface area contributed by atoms with Crippen LogP contribution in [0.1, 0.15) is 63.6 Å². The van der Waals surface area contributed by atoms with E-state index >= 15 is 0 Å². The lowest BCUT2D eigenvalue weighted by molar-refractivity contribution is -0.130. The Bertz CT molecular complexity index is 1020. The van der Waals surface area contributed by atoms with Crippen LogP contribution in [0.2, 0.25) is 0 Å². The number of amides is 1. The number of hydrogen-bond acceptors (Lipinski definition) is 6. The summed E-state index contributed by atoms with van der Waals surface area (Å²) < 4.78 is 25.8. The molecule has 2 aliphatic rings. The zero-order chi connectivity index (χ0) is 22.6. The van der Waals surface area contributed by atoms with Gasteiger partial charge in [-0.25, -0.2) is 18.1 Å². The summed E-state index contributed by atoms with van der Waals surface area (Å²) in [5.41, 5.74) is 0.988. The van der Waals surface area contributed by atoms with Gasteiger partial charge in [0.05, 0.1) is 22.9 Å². The molecule has 0 unspecified atom stereocenters. The van der Waals surface area contributed by atoms with E-state index in [0.29, 0.717) is 24.0 Å². The lowest BCUT2D eigenvalue weighted by Gasteiger charge is -2.27. The number of carbonyl (C=O) groups is 1. The average molecular weight is 477 g/mol. The first-order chi connectivity index (χ1) is 15.5. The molecule has 1 saturated heterocycles. The predicted octanol–water partition coefficient (Wildman–Crippen LogP) is 3.83. The smallest absolute Gasteiger partial charge is 0.233 e. The quantitative estimate of drug-likeness (QED) is 0.538. The Morgan fingerprint density at radius 3 is 2.56 bits per heavy atom. The number of para-hydroxylation sites is 1. The maximum Gasteiger partial charge on any atom is 0.233 e. The molecule has 0 bridgehead atoms. The Kier molecular flexibility index (Phi) is 7.55. The highest BCUT2D eigenvalue weighted by Gasteiger charge is 2.34. The summed E-state index contributed by atoms with van der Waals surface area (Å²) in [6.07, 6.45) is 7.28.